The highest BCUT2D eigenvalue weighted by molar-refractivity contribution is 5.79. The summed E-state index contributed by atoms with van der Waals surface area (Å²) in [4.78, 5) is 14.6. The Morgan fingerprint density at radius 1 is 1.52 bits per heavy atom. The van der Waals surface area contributed by atoms with Gasteiger partial charge in [0.15, 0.2) is 0 Å². The van der Waals surface area contributed by atoms with E-state index in [-0.39, 0.29) is 12.0 Å². The average Bonchev–Trinajstić information content (AvgIpc) is 3.23. The predicted octanol–water partition coefficient (Wildman–Crippen LogP) is 2.07. The van der Waals surface area contributed by atoms with Gasteiger partial charge in [-0.05, 0) is 31.9 Å². The smallest absolute Gasteiger partial charge is 0.227 e. The maximum absolute atomic E-state index is 12.8. The summed E-state index contributed by atoms with van der Waals surface area (Å²) >= 11 is 0. The Bertz CT molecular complexity index is 642. The van der Waals surface area contributed by atoms with Crippen molar-refractivity contribution < 1.29 is 13.9 Å². The van der Waals surface area contributed by atoms with Gasteiger partial charge in [-0.2, -0.15) is 5.10 Å². The van der Waals surface area contributed by atoms with Crippen LogP contribution in [0.3, 0.4) is 0 Å². The van der Waals surface area contributed by atoms with Gasteiger partial charge in [0, 0.05) is 32.0 Å². The first kappa shape index (κ1) is 15.8. The number of carbonyl (C=O) groups is 1. The maximum atomic E-state index is 12.8. The fraction of sp³-hybridized carbons (Fsp3) is 0.529. The quantitative estimate of drug-likeness (QED) is 0.818. The molecule has 1 atom stereocenters. The zero-order valence-electron chi connectivity index (χ0n) is 13.7. The summed E-state index contributed by atoms with van der Waals surface area (Å²) in [6.07, 6.45) is 6.10. The van der Waals surface area contributed by atoms with Gasteiger partial charge < -0.3 is 14.1 Å². The third-order valence-electron chi connectivity index (χ3n) is 4.18. The highest BCUT2D eigenvalue weighted by Crippen LogP contribution is 2.17. The van der Waals surface area contributed by atoms with Crippen molar-refractivity contribution in [1.29, 1.82) is 0 Å². The lowest BCUT2D eigenvalue weighted by molar-refractivity contribution is -0.133. The van der Waals surface area contributed by atoms with E-state index in [0.29, 0.717) is 19.5 Å². The van der Waals surface area contributed by atoms with E-state index in [4.69, 9.17) is 9.15 Å². The summed E-state index contributed by atoms with van der Waals surface area (Å²) in [5.41, 5.74) is 1.87. The van der Waals surface area contributed by atoms with Gasteiger partial charge in [0.2, 0.25) is 5.91 Å². The first-order valence-electron chi connectivity index (χ1n) is 8.02. The molecule has 1 aliphatic heterocycles. The molecule has 0 N–H and O–H groups in total. The molecule has 2 aromatic heterocycles. The molecule has 3 rings (SSSR count). The summed E-state index contributed by atoms with van der Waals surface area (Å²) in [5, 5.41) is 4.31. The normalized spacial score (nSPS) is 17.6. The van der Waals surface area contributed by atoms with Crippen LogP contribution in [-0.4, -0.2) is 39.8 Å². The molecule has 6 nitrogen and oxygen atoms in total. The number of ether oxygens (including phenoxy) is 1. The van der Waals surface area contributed by atoms with E-state index >= 15 is 0 Å². The van der Waals surface area contributed by atoms with Crippen molar-refractivity contribution in [2.24, 2.45) is 7.05 Å². The van der Waals surface area contributed by atoms with E-state index < -0.39 is 0 Å². The highest BCUT2D eigenvalue weighted by atomic mass is 16.5. The van der Waals surface area contributed by atoms with Crippen molar-refractivity contribution in [3.05, 3.63) is 41.6 Å². The molecule has 23 heavy (non-hydrogen) atoms. The van der Waals surface area contributed by atoms with Crippen molar-refractivity contribution >= 4 is 5.91 Å². The van der Waals surface area contributed by atoms with E-state index in [1.165, 1.54) is 0 Å². The van der Waals surface area contributed by atoms with E-state index in [1.807, 2.05) is 37.2 Å². The summed E-state index contributed by atoms with van der Waals surface area (Å²) in [6, 6.07) is 3.74. The number of aromatic nitrogens is 2. The SMILES string of the molecule is Cc1nn(C)cc1CC(=O)N(Cc1ccco1)CC1CCCO1. The van der Waals surface area contributed by atoms with Crippen molar-refractivity contribution in [3.63, 3.8) is 0 Å². The number of rotatable bonds is 6. The number of aryl methyl sites for hydroxylation is 2. The molecule has 0 radical (unpaired) electrons. The molecular weight excluding hydrogens is 294 g/mol. The second kappa shape index (κ2) is 7.00. The fourth-order valence-corrected chi connectivity index (χ4v) is 2.98. The third-order valence-corrected chi connectivity index (χ3v) is 4.18. The lowest BCUT2D eigenvalue weighted by Gasteiger charge is -2.24. The van der Waals surface area contributed by atoms with Gasteiger partial charge in [0.05, 0.1) is 31.0 Å². The van der Waals surface area contributed by atoms with Gasteiger partial charge >= 0.3 is 0 Å². The van der Waals surface area contributed by atoms with Crippen molar-refractivity contribution in [2.75, 3.05) is 13.2 Å². The van der Waals surface area contributed by atoms with Gasteiger partial charge in [0.1, 0.15) is 5.76 Å². The number of hydrogen-bond donors (Lipinski definition) is 0. The van der Waals surface area contributed by atoms with Crippen LogP contribution in [-0.2, 0) is 29.5 Å². The predicted molar refractivity (Wildman–Crippen MR) is 84.7 cm³/mol. The molecule has 0 spiro atoms. The van der Waals surface area contributed by atoms with Gasteiger partial charge in [-0.15, -0.1) is 0 Å². The number of carbonyl (C=O) groups excluding carboxylic acids is 1. The maximum Gasteiger partial charge on any atom is 0.227 e. The molecule has 1 amide bonds. The number of furan rings is 1. The van der Waals surface area contributed by atoms with Crippen LogP contribution in [0.1, 0.15) is 29.9 Å². The Morgan fingerprint density at radius 3 is 3.00 bits per heavy atom. The molecule has 0 bridgehead atoms. The molecule has 1 fully saturated rings. The van der Waals surface area contributed by atoms with Crippen molar-refractivity contribution in [3.8, 4) is 0 Å². The fourth-order valence-electron chi connectivity index (χ4n) is 2.98. The minimum atomic E-state index is 0.0769. The van der Waals surface area contributed by atoms with Crippen LogP contribution in [0.15, 0.2) is 29.0 Å². The average molecular weight is 317 g/mol. The van der Waals surface area contributed by atoms with Crippen LogP contribution >= 0.6 is 0 Å². The van der Waals surface area contributed by atoms with Crippen LogP contribution < -0.4 is 0 Å². The first-order chi connectivity index (χ1) is 11.1. The number of hydrogen-bond acceptors (Lipinski definition) is 4. The molecule has 1 unspecified atom stereocenters. The largest absolute Gasteiger partial charge is 0.467 e. The molecular formula is C17H23N3O3. The molecule has 1 saturated heterocycles. The first-order valence-corrected chi connectivity index (χ1v) is 8.02. The van der Waals surface area contributed by atoms with Gasteiger partial charge in [0.25, 0.3) is 0 Å². The second-order valence-corrected chi connectivity index (χ2v) is 6.08. The van der Waals surface area contributed by atoms with Crippen LogP contribution in [0.25, 0.3) is 0 Å². The van der Waals surface area contributed by atoms with Gasteiger partial charge in [-0.1, -0.05) is 0 Å². The zero-order chi connectivity index (χ0) is 16.2. The van der Waals surface area contributed by atoms with Crippen LogP contribution in [0, 0.1) is 6.92 Å². The van der Waals surface area contributed by atoms with Crippen LogP contribution in [0.4, 0.5) is 0 Å². The molecule has 3 heterocycles. The number of nitrogens with zero attached hydrogens (tertiary/aromatic N) is 3. The number of amides is 1. The highest BCUT2D eigenvalue weighted by Gasteiger charge is 2.24. The van der Waals surface area contributed by atoms with E-state index in [2.05, 4.69) is 5.10 Å². The van der Waals surface area contributed by atoms with E-state index in [9.17, 15) is 4.79 Å². The van der Waals surface area contributed by atoms with Gasteiger partial charge in [-0.25, -0.2) is 0 Å². The molecule has 0 aromatic carbocycles. The standard InChI is InChI=1S/C17H23N3O3/c1-13-14(10-19(2)18-13)9-17(21)20(11-15-5-3-7-22-15)12-16-6-4-8-23-16/h3,5,7,10,16H,4,6,8-9,11-12H2,1-2H3. The zero-order valence-corrected chi connectivity index (χ0v) is 13.7. The summed E-state index contributed by atoms with van der Waals surface area (Å²) in [6.45, 7) is 3.80. The van der Waals surface area contributed by atoms with Crippen LogP contribution in [0.2, 0.25) is 0 Å². The second-order valence-electron chi connectivity index (χ2n) is 6.08. The Kier molecular flexibility index (Phi) is 4.81. The summed E-state index contributed by atoms with van der Waals surface area (Å²) in [7, 11) is 1.87. The topological polar surface area (TPSA) is 60.5 Å². The van der Waals surface area contributed by atoms with Gasteiger partial charge in [-0.3, -0.25) is 9.48 Å². The third kappa shape index (κ3) is 4.01. The van der Waals surface area contributed by atoms with Crippen molar-refractivity contribution in [2.45, 2.75) is 38.8 Å². The Balaban J connectivity index is 1.70. The Hall–Kier alpha value is -2.08. The molecule has 6 heteroatoms. The molecule has 1 aliphatic rings. The molecule has 0 aliphatic carbocycles. The van der Waals surface area contributed by atoms with Crippen molar-refractivity contribution in [1.82, 2.24) is 14.7 Å². The lowest BCUT2D eigenvalue weighted by atomic mass is 10.1. The molecule has 2 aromatic rings. The lowest BCUT2D eigenvalue weighted by Crippen LogP contribution is -2.37. The Morgan fingerprint density at radius 2 is 2.39 bits per heavy atom. The van der Waals surface area contributed by atoms with E-state index in [1.54, 1.807) is 10.9 Å². The monoisotopic (exact) mass is 317 g/mol. The Labute approximate surface area is 136 Å². The minimum absolute atomic E-state index is 0.0769. The molecule has 0 saturated carbocycles. The molecule has 124 valence electrons. The van der Waals surface area contributed by atoms with E-state index in [0.717, 1.165) is 36.5 Å². The van der Waals surface area contributed by atoms with Crippen LogP contribution in [0.5, 0.6) is 0 Å². The minimum Gasteiger partial charge on any atom is -0.467 e. The summed E-state index contributed by atoms with van der Waals surface area (Å²) < 4.78 is 12.8. The summed E-state index contributed by atoms with van der Waals surface area (Å²) in [5.74, 6) is 0.868.